The van der Waals surface area contributed by atoms with Crippen LogP contribution in [0.15, 0.2) is 30.3 Å². The number of aliphatic hydroxyl groups excluding tert-OH is 1. The summed E-state index contributed by atoms with van der Waals surface area (Å²) in [6.07, 6.45) is -0.129. The molecule has 0 spiro atoms. The quantitative estimate of drug-likeness (QED) is 0.733. The second-order valence-electron chi connectivity index (χ2n) is 6.25. The fourth-order valence-corrected chi connectivity index (χ4v) is 3.32. The molecule has 0 aliphatic carbocycles. The molecule has 1 aromatic carbocycles. The van der Waals surface area contributed by atoms with Crippen LogP contribution in [-0.2, 0) is 19.9 Å². The number of primary amides is 1. The van der Waals surface area contributed by atoms with Crippen molar-refractivity contribution in [1.82, 2.24) is 9.80 Å². The van der Waals surface area contributed by atoms with Gasteiger partial charge in [-0.2, -0.15) is 0 Å². The van der Waals surface area contributed by atoms with Crippen molar-refractivity contribution in [1.29, 1.82) is 0 Å². The Hall–Kier alpha value is -1.96. The minimum atomic E-state index is -0.733. The monoisotopic (exact) mass is 335 g/mol. The van der Waals surface area contributed by atoms with Crippen LogP contribution in [0, 0.1) is 0 Å². The average Bonchev–Trinajstić information content (AvgIpc) is 2.55. The van der Waals surface area contributed by atoms with Crippen molar-refractivity contribution in [2.24, 2.45) is 5.73 Å². The maximum absolute atomic E-state index is 12.2. The zero-order valence-electron chi connectivity index (χ0n) is 14.1. The van der Waals surface area contributed by atoms with E-state index in [4.69, 9.17) is 10.5 Å². The van der Waals surface area contributed by atoms with Crippen molar-refractivity contribution < 1.29 is 19.4 Å². The number of rotatable bonds is 6. The third-order valence-corrected chi connectivity index (χ3v) is 4.60. The van der Waals surface area contributed by atoms with Crippen molar-refractivity contribution in [3.05, 3.63) is 35.9 Å². The lowest BCUT2D eigenvalue weighted by Crippen LogP contribution is -2.61. The van der Waals surface area contributed by atoms with E-state index < -0.39 is 17.6 Å². The lowest BCUT2D eigenvalue weighted by Gasteiger charge is -2.49. The molecule has 1 aliphatic heterocycles. The maximum atomic E-state index is 12.2. The summed E-state index contributed by atoms with van der Waals surface area (Å²) < 4.78 is 4.97. The van der Waals surface area contributed by atoms with E-state index >= 15 is 0 Å². The molecule has 1 fully saturated rings. The van der Waals surface area contributed by atoms with Gasteiger partial charge in [-0.15, -0.1) is 0 Å². The molecule has 24 heavy (non-hydrogen) atoms. The highest BCUT2D eigenvalue weighted by molar-refractivity contribution is 5.79. The molecule has 2 rings (SSSR count). The number of carbonyl (C=O) groups is 2. The highest BCUT2D eigenvalue weighted by atomic mass is 16.5. The second kappa shape index (κ2) is 7.74. The van der Waals surface area contributed by atoms with Crippen molar-refractivity contribution >= 4 is 11.8 Å². The van der Waals surface area contributed by atoms with E-state index in [-0.39, 0.29) is 25.7 Å². The SMILES string of the molecule is CN(C)[C@]1(c2ccccc2)CCN(C(=O)COCC(N)=O)C[C@H]1O. The summed E-state index contributed by atoms with van der Waals surface area (Å²) in [6, 6.07) is 9.83. The minimum absolute atomic E-state index is 0.212. The third kappa shape index (κ3) is 3.75. The molecule has 0 unspecified atom stereocenters. The highest BCUT2D eigenvalue weighted by Crippen LogP contribution is 2.37. The van der Waals surface area contributed by atoms with Crippen LogP contribution in [-0.4, -0.2) is 73.2 Å². The van der Waals surface area contributed by atoms with E-state index in [0.29, 0.717) is 13.0 Å². The molecule has 132 valence electrons. The van der Waals surface area contributed by atoms with Gasteiger partial charge in [0.05, 0.1) is 11.6 Å². The van der Waals surface area contributed by atoms with E-state index in [1.54, 1.807) is 4.90 Å². The predicted molar refractivity (Wildman–Crippen MR) is 89.0 cm³/mol. The molecule has 7 heteroatoms. The zero-order valence-corrected chi connectivity index (χ0v) is 14.1. The zero-order chi connectivity index (χ0) is 17.7. The standard InChI is InChI=1S/C17H25N3O4/c1-19(2)17(13-6-4-3-5-7-13)8-9-20(10-14(17)21)16(23)12-24-11-15(18)22/h3-7,14,21H,8-12H2,1-2H3,(H2,18,22)/t14-,17+/m1/s1. The molecule has 0 aromatic heterocycles. The molecule has 1 saturated heterocycles. The Kier molecular flexibility index (Phi) is 5.93. The number of aliphatic hydroxyl groups is 1. The van der Waals surface area contributed by atoms with Gasteiger partial charge in [0, 0.05) is 13.1 Å². The Morgan fingerprint density at radius 1 is 1.33 bits per heavy atom. The van der Waals surface area contributed by atoms with Gasteiger partial charge in [0.2, 0.25) is 11.8 Å². The van der Waals surface area contributed by atoms with Crippen molar-refractivity contribution in [2.75, 3.05) is 40.4 Å². The predicted octanol–water partition coefficient (Wildman–Crippen LogP) is -0.461. The van der Waals surface area contributed by atoms with Crippen LogP contribution in [0.5, 0.6) is 0 Å². The van der Waals surface area contributed by atoms with Crippen LogP contribution in [0.3, 0.4) is 0 Å². The Morgan fingerprint density at radius 3 is 2.54 bits per heavy atom. The molecule has 0 bridgehead atoms. The van der Waals surface area contributed by atoms with E-state index in [1.165, 1.54) is 0 Å². The maximum Gasteiger partial charge on any atom is 0.248 e. The Morgan fingerprint density at radius 2 is 2.00 bits per heavy atom. The fourth-order valence-electron chi connectivity index (χ4n) is 3.32. The fraction of sp³-hybridized carbons (Fsp3) is 0.529. The van der Waals surface area contributed by atoms with E-state index in [9.17, 15) is 14.7 Å². The Balaban J connectivity index is 2.08. The average molecular weight is 335 g/mol. The van der Waals surface area contributed by atoms with Gasteiger partial charge in [-0.25, -0.2) is 0 Å². The third-order valence-electron chi connectivity index (χ3n) is 4.60. The van der Waals surface area contributed by atoms with Crippen LogP contribution in [0.4, 0.5) is 0 Å². The largest absolute Gasteiger partial charge is 0.389 e. The number of hydrogen-bond donors (Lipinski definition) is 2. The van der Waals surface area contributed by atoms with Gasteiger partial charge in [0.15, 0.2) is 0 Å². The molecule has 2 atom stereocenters. The number of hydrogen-bond acceptors (Lipinski definition) is 5. The lowest BCUT2D eigenvalue weighted by atomic mass is 9.77. The van der Waals surface area contributed by atoms with E-state index in [2.05, 4.69) is 0 Å². The van der Waals surface area contributed by atoms with Crippen molar-refractivity contribution in [3.63, 3.8) is 0 Å². The number of nitrogens with zero attached hydrogens (tertiary/aromatic N) is 2. The number of likely N-dealkylation sites (tertiary alicyclic amines) is 1. The Bertz CT molecular complexity index is 578. The first kappa shape index (κ1) is 18.4. The first-order valence-electron chi connectivity index (χ1n) is 7.92. The van der Waals surface area contributed by atoms with Crippen LogP contribution >= 0.6 is 0 Å². The van der Waals surface area contributed by atoms with Gasteiger partial charge in [-0.1, -0.05) is 30.3 Å². The van der Waals surface area contributed by atoms with Crippen LogP contribution in [0.1, 0.15) is 12.0 Å². The van der Waals surface area contributed by atoms with Gasteiger partial charge < -0.3 is 20.5 Å². The molecule has 7 nitrogen and oxygen atoms in total. The minimum Gasteiger partial charge on any atom is -0.389 e. The molecule has 1 heterocycles. The van der Waals surface area contributed by atoms with Crippen LogP contribution in [0.25, 0.3) is 0 Å². The molecule has 0 saturated carbocycles. The number of amides is 2. The number of β-amino-alcohol motifs (C(OH)–C–C–N with tert-alkyl or cyclic N) is 1. The number of ether oxygens (including phenoxy) is 1. The summed E-state index contributed by atoms with van der Waals surface area (Å²) >= 11 is 0. The summed E-state index contributed by atoms with van der Waals surface area (Å²) in [4.78, 5) is 26.4. The molecule has 0 radical (unpaired) electrons. The highest BCUT2D eigenvalue weighted by Gasteiger charge is 2.46. The summed E-state index contributed by atoms with van der Waals surface area (Å²) in [6.45, 7) is 0.221. The molecule has 3 N–H and O–H groups in total. The molecule has 1 aliphatic rings. The topological polar surface area (TPSA) is 96.1 Å². The van der Waals surface area contributed by atoms with Crippen molar-refractivity contribution in [2.45, 2.75) is 18.1 Å². The summed E-state index contributed by atoms with van der Waals surface area (Å²) in [7, 11) is 3.87. The molecule has 2 amide bonds. The molecular formula is C17H25N3O4. The first-order valence-corrected chi connectivity index (χ1v) is 7.92. The lowest BCUT2D eigenvalue weighted by molar-refractivity contribution is -0.146. The van der Waals surface area contributed by atoms with Crippen molar-refractivity contribution in [3.8, 4) is 0 Å². The molecule has 1 aromatic rings. The van der Waals surface area contributed by atoms with Gasteiger partial charge in [0.1, 0.15) is 13.2 Å². The number of likely N-dealkylation sites (N-methyl/N-ethyl adjacent to an activating group) is 1. The number of nitrogens with two attached hydrogens (primary N) is 1. The normalized spacial score (nSPS) is 24.2. The Labute approximate surface area is 142 Å². The van der Waals surface area contributed by atoms with Gasteiger partial charge >= 0.3 is 0 Å². The molecular weight excluding hydrogens is 310 g/mol. The first-order chi connectivity index (χ1) is 11.4. The number of carbonyl (C=O) groups excluding carboxylic acids is 2. The summed E-state index contributed by atoms with van der Waals surface area (Å²) in [5.74, 6) is -0.868. The summed E-state index contributed by atoms with van der Waals surface area (Å²) in [5, 5.41) is 10.8. The summed E-state index contributed by atoms with van der Waals surface area (Å²) in [5.41, 5.74) is 5.47. The van der Waals surface area contributed by atoms with Crippen LogP contribution in [0.2, 0.25) is 0 Å². The number of benzene rings is 1. The van der Waals surface area contributed by atoms with E-state index in [0.717, 1.165) is 5.56 Å². The van der Waals surface area contributed by atoms with E-state index in [1.807, 2.05) is 49.3 Å². The van der Waals surface area contributed by atoms with Gasteiger partial charge in [0.25, 0.3) is 0 Å². The van der Waals surface area contributed by atoms with Gasteiger partial charge in [-0.3, -0.25) is 14.5 Å². The smallest absolute Gasteiger partial charge is 0.248 e. The van der Waals surface area contributed by atoms with Gasteiger partial charge in [-0.05, 0) is 26.1 Å². The van der Waals surface area contributed by atoms with Crippen LogP contribution < -0.4 is 5.73 Å². The second-order valence-corrected chi connectivity index (χ2v) is 6.25. The number of piperidine rings is 1.